The zero-order valence-electron chi connectivity index (χ0n) is 18.7. The summed E-state index contributed by atoms with van der Waals surface area (Å²) in [5.41, 5.74) is 6.33. The second-order valence-corrected chi connectivity index (χ2v) is 9.82. The monoisotopic (exact) mass is 489 g/mol. The maximum Gasteiger partial charge on any atom is 0.351 e. The van der Waals surface area contributed by atoms with E-state index in [1.165, 1.54) is 11.3 Å². The normalized spacial score (nSPS) is 11.3. The van der Waals surface area contributed by atoms with Crippen LogP contribution in [0, 0.1) is 12.3 Å². The number of fused-ring (bicyclic) bond motifs is 1. The van der Waals surface area contributed by atoms with Gasteiger partial charge in [0.05, 0.1) is 10.4 Å². The Morgan fingerprint density at radius 3 is 2.30 bits per heavy atom. The van der Waals surface area contributed by atoms with Crippen LogP contribution in [0.2, 0.25) is 5.02 Å². The van der Waals surface area contributed by atoms with Crippen molar-refractivity contribution in [2.24, 2.45) is 11.1 Å². The fourth-order valence-corrected chi connectivity index (χ4v) is 4.35. The summed E-state index contributed by atoms with van der Waals surface area (Å²) in [6.45, 7) is 6.53. The lowest BCUT2D eigenvalue weighted by atomic mass is 9.98. The Kier molecular flexibility index (Phi) is 7.29. The summed E-state index contributed by atoms with van der Waals surface area (Å²) in [6.07, 6.45) is 0. The Morgan fingerprint density at radius 1 is 1.03 bits per heavy atom. The molecular formula is C24H24ClNO6S. The molecule has 1 aromatic heterocycles. The van der Waals surface area contributed by atoms with E-state index in [0.29, 0.717) is 32.2 Å². The number of thiophene rings is 1. The largest absolute Gasteiger partial charge is 0.489 e. The molecule has 0 aliphatic heterocycles. The molecule has 0 bridgehead atoms. The minimum Gasteiger partial charge on any atom is -0.489 e. The van der Waals surface area contributed by atoms with Crippen molar-refractivity contribution in [2.45, 2.75) is 34.3 Å². The van der Waals surface area contributed by atoms with Crippen molar-refractivity contribution in [2.75, 3.05) is 6.79 Å². The molecule has 2 aromatic carbocycles. The highest BCUT2D eigenvalue weighted by molar-refractivity contribution is 7.21. The van der Waals surface area contributed by atoms with Crippen molar-refractivity contribution >= 4 is 50.9 Å². The van der Waals surface area contributed by atoms with Gasteiger partial charge in [-0.05, 0) is 63.6 Å². The molecule has 3 aromatic rings. The molecule has 0 fully saturated rings. The molecule has 7 nitrogen and oxygen atoms in total. The predicted octanol–water partition coefficient (Wildman–Crippen LogP) is 5.24. The number of aryl methyl sites for hydroxylation is 1. The summed E-state index contributed by atoms with van der Waals surface area (Å²) in [5.74, 6) is -1.17. The SMILES string of the molecule is Cc1ccc2sc(C(=O)OCOC(=O)C(C)(C)C)c(COc3ccc(C(N)=O)cc3)c2c1Cl. The number of rotatable bonds is 7. The first kappa shape index (κ1) is 24.5. The van der Waals surface area contributed by atoms with Crippen molar-refractivity contribution in [3.05, 3.63) is 63.0 Å². The second kappa shape index (κ2) is 9.80. The van der Waals surface area contributed by atoms with Gasteiger partial charge in [-0.2, -0.15) is 0 Å². The standard InChI is InChI=1S/C24H24ClNO6S/c1-13-5-10-17-18(19(13)25)16(11-30-15-8-6-14(7-9-15)21(26)27)20(33-17)22(28)31-12-32-23(29)24(2,3)4/h5-10H,11-12H2,1-4H3,(H2,26,27). The van der Waals surface area contributed by atoms with E-state index >= 15 is 0 Å². The Balaban J connectivity index is 1.85. The molecule has 9 heteroatoms. The van der Waals surface area contributed by atoms with Crippen molar-refractivity contribution in [3.63, 3.8) is 0 Å². The third kappa shape index (κ3) is 5.64. The number of carbonyl (C=O) groups is 3. The van der Waals surface area contributed by atoms with E-state index in [4.69, 9.17) is 31.5 Å². The Labute approximate surface area is 200 Å². The quantitative estimate of drug-likeness (QED) is 0.359. The van der Waals surface area contributed by atoms with Crippen LogP contribution in [0.25, 0.3) is 10.1 Å². The molecule has 0 saturated heterocycles. The second-order valence-electron chi connectivity index (χ2n) is 8.39. The van der Waals surface area contributed by atoms with E-state index in [9.17, 15) is 14.4 Å². The first-order chi connectivity index (χ1) is 15.5. The smallest absolute Gasteiger partial charge is 0.351 e. The zero-order valence-corrected chi connectivity index (χ0v) is 20.3. The molecule has 1 heterocycles. The van der Waals surface area contributed by atoms with E-state index in [-0.39, 0.29) is 6.61 Å². The summed E-state index contributed by atoms with van der Waals surface area (Å²) in [4.78, 5) is 36.3. The minimum absolute atomic E-state index is 0.0330. The van der Waals surface area contributed by atoms with Gasteiger partial charge in [0.2, 0.25) is 12.7 Å². The van der Waals surface area contributed by atoms with Gasteiger partial charge in [0.15, 0.2) is 0 Å². The molecule has 0 atom stereocenters. The molecule has 0 radical (unpaired) electrons. The van der Waals surface area contributed by atoms with Gasteiger partial charge in [0, 0.05) is 21.2 Å². The summed E-state index contributed by atoms with van der Waals surface area (Å²) < 4.78 is 16.9. The van der Waals surface area contributed by atoms with Crippen LogP contribution < -0.4 is 10.5 Å². The molecule has 1 amide bonds. The maximum atomic E-state index is 12.8. The fraction of sp³-hybridized carbons (Fsp3) is 0.292. The Bertz CT molecular complexity index is 1210. The minimum atomic E-state index is -0.710. The van der Waals surface area contributed by atoms with Crippen LogP contribution in [0.3, 0.4) is 0 Å². The number of hydrogen-bond acceptors (Lipinski definition) is 7. The van der Waals surface area contributed by atoms with Gasteiger partial charge in [-0.15, -0.1) is 11.3 Å². The molecular weight excluding hydrogens is 466 g/mol. The highest BCUT2D eigenvalue weighted by atomic mass is 35.5. The summed E-state index contributed by atoms with van der Waals surface area (Å²) >= 11 is 7.78. The van der Waals surface area contributed by atoms with Crippen LogP contribution in [0.4, 0.5) is 0 Å². The summed E-state index contributed by atoms with van der Waals surface area (Å²) in [7, 11) is 0. The molecule has 0 aliphatic carbocycles. The van der Waals surface area contributed by atoms with E-state index in [1.54, 1.807) is 45.0 Å². The van der Waals surface area contributed by atoms with Crippen LogP contribution in [-0.2, 0) is 20.9 Å². The first-order valence-electron chi connectivity index (χ1n) is 10.1. The van der Waals surface area contributed by atoms with Crippen LogP contribution in [-0.4, -0.2) is 24.6 Å². The number of hydrogen-bond donors (Lipinski definition) is 1. The first-order valence-corrected chi connectivity index (χ1v) is 11.3. The lowest BCUT2D eigenvalue weighted by molar-refractivity contribution is -0.161. The maximum absolute atomic E-state index is 12.8. The van der Waals surface area contributed by atoms with Crippen LogP contribution in [0.1, 0.15) is 51.9 Å². The van der Waals surface area contributed by atoms with Gasteiger partial charge in [-0.1, -0.05) is 17.7 Å². The lowest BCUT2D eigenvalue weighted by Crippen LogP contribution is -2.24. The van der Waals surface area contributed by atoms with E-state index < -0.39 is 30.1 Å². The highest BCUT2D eigenvalue weighted by Crippen LogP contribution is 2.38. The summed E-state index contributed by atoms with van der Waals surface area (Å²) in [6, 6.07) is 10.1. The van der Waals surface area contributed by atoms with Gasteiger partial charge in [0.25, 0.3) is 0 Å². The van der Waals surface area contributed by atoms with Crippen LogP contribution in [0.15, 0.2) is 36.4 Å². The molecule has 0 saturated carbocycles. The number of nitrogens with two attached hydrogens (primary N) is 1. The molecule has 0 unspecified atom stereocenters. The molecule has 174 valence electrons. The molecule has 33 heavy (non-hydrogen) atoms. The van der Waals surface area contributed by atoms with Gasteiger partial charge >= 0.3 is 11.9 Å². The molecule has 0 aliphatic rings. The number of esters is 2. The summed E-state index contributed by atoms with van der Waals surface area (Å²) in [5, 5.41) is 1.22. The highest BCUT2D eigenvalue weighted by Gasteiger charge is 2.25. The van der Waals surface area contributed by atoms with E-state index in [1.807, 2.05) is 19.1 Å². The van der Waals surface area contributed by atoms with Gasteiger partial charge in [-0.3, -0.25) is 9.59 Å². The number of benzene rings is 2. The van der Waals surface area contributed by atoms with Crippen molar-refractivity contribution in [1.29, 1.82) is 0 Å². The number of amides is 1. The van der Waals surface area contributed by atoms with Gasteiger partial charge in [-0.25, -0.2) is 4.79 Å². The average Bonchev–Trinajstić information content (AvgIpc) is 3.13. The number of primary amides is 1. The number of ether oxygens (including phenoxy) is 3. The lowest BCUT2D eigenvalue weighted by Gasteiger charge is -2.16. The van der Waals surface area contributed by atoms with Gasteiger partial charge < -0.3 is 19.9 Å². The predicted molar refractivity (Wildman–Crippen MR) is 127 cm³/mol. The molecule has 3 rings (SSSR count). The third-order valence-corrected chi connectivity index (χ3v) is 6.45. The van der Waals surface area contributed by atoms with Crippen LogP contribution >= 0.6 is 22.9 Å². The zero-order chi connectivity index (χ0) is 24.3. The van der Waals surface area contributed by atoms with E-state index in [2.05, 4.69) is 0 Å². The van der Waals surface area contributed by atoms with Crippen molar-refractivity contribution in [1.82, 2.24) is 0 Å². The average molecular weight is 490 g/mol. The number of halogens is 1. The molecule has 0 spiro atoms. The fourth-order valence-electron chi connectivity index (χ4n) is 2.91. The third-order valence-electron chi connectivity index (χ3n) is 4.78. The van der Waals surface area contributed by atoms with Crippen molar-refractivity contribution < 1.29 is 28.6 Å². The Morgan fingerprint density at radius 2 is 1.70 bits per heavy atom. The topological polar surface area (TPSA) is 105 Å². The van der Waals surface area contributed by atoms with E-state index in [0.717, 1.165) is 10.3 Å². The number of carbonyl (C=O) groups excluding carboxylic acids is 3. The van der Waals surface area contributed by atoms with Crippen molar-refractivity contribution in [3.8, 4) is 5.75 Å². The molecule has 2 N–H and O–H groups in total. The Hall–Kier alpha value is -3.10. The van der Waals surface area contributed by atoms with Crippen LogP contribution in [0.5, 0.6) is 5.75 Å². The van der Waals surface area contributed by atoms with Gasteiger partial charge in [0.1, 0.15) is 17.2 Å².